The minimum Gasteiger partial charge on any atom is -0.506 e. The van der Waals surface area contributed by atoms with Crippen molar-refractivity contribution in [2.24, 2.45) is 0 Å². The Bertz CT molecular complexity index is 1160. The van der Waals surface area contributed by atoms with Crippen LogP contribution in [-0.2, 0) is 4.79 Å². The Morgan fingerprint density at radius 3 is 2.63 bits per heavy atom. The number of benzene rings is 1. The summed E-state index contributed by atoms with van der Waals surface area (Å²) in [6.45, 7) is 2.92. The minimum atomic E-state index is -0.595. The van der Waals surface area contributed by atoms with Crippen LogP contribution in [0.5, 0.6) is 11.5 Å². The van der Waals surface area contributed by atoms with Gasteiger partial charge in [0.25, 0.3) is 0 Å². The number of ether oxygens (including phenoxy) is 1. The number of phenolic OH excluding ortho intramolecular Hbond substituents is 1. The smallest absolute Gasteiger partial charge is 0.336 e. The van der Waals surface area contributed by atoms with Crippen LogP contribution >= 0.6 is 0 Å². The highest BCUT2D eigenvalue weighted by Crippen LogP contribution is 2.49. The van der Waals surface area contributed by atoms with E-state index < -0.39 is 23.3 Å². The number of hydrogen-bond donors (Lipinski definition) is 1. The van der Waals surface area contributed by atoms with Gasteiger partial charge in [0.2, 0.25) is 0 Å². The van der Waals surface area contributed by atoms with Crippen molar-refractivity contribution in [1.82, 2.24) is 4.98 Å². The molecule has 0 aliphatic carbocycles. The number of esters is 1. The third kappa shape index (κ3) is 2.59. The van der Waals surface area contributed by atoms with Gasteiger partial charge in [0.1, 0.15) is 16.9 Å². The van der Waals surface area contributed by atoms with Gasteiger partial charge in [-0.25, -0.2) is 4.79 Å². The molecule has 1 atom stereocenters. The Balaban J connectivity index is 2.20. The molecule has 1 aliphatic rings. The van der Waals surface area contributed by atoms with Crippen molar-refractivity contribution >= 4 is 22.7 Å². The molecule has 0 spiro atoms. The monoisotopic (exact) mass is 365 g/mol. The molecule has 3 heterocycles. The zero-order chi connectivity index (χ0) is 19.3. The Morgan fingerprint density at radius 1 is 1.26 bits per heavy atom. The zero-order valence-corrected chi connectivity index (χ0v) is 14.6. The van der Waals surface area contributed by atoms with Gasteiger partial charge in [-0.2, -0.15) is 0 Å². The summed E-state index contributed by atoms with van der Waals surface area (Å²) in [5.74, 6) is -1.92. The van der Waals surface area contributed by atoms with E-state index in [9.17, 15) is 19.5 Å². The summed E-state index contributed by atoms with van der Waals surface area (Å²) < 4.78 is 10.8. The van der Waals surface area contributed by atoms with Gasteiger partial charge in [-0.05, 0) is 37.1 Å². The lowest BCUT2D eigenvalue weighted by atomic mass is 9.83. The molecule has 2 aromatic heterocycles. The average Bonchev–Trinajstić information content (AvgIpc) is 2.60. The van der Waals surface area contributed by atoms with Crippen LogP contribution in [0.15, 0.2) is 39.8 Å². The quantitative estimate of drug-likeness (QED) is 0.322. The maximum Gasteiger partial charge on any atom is 0.336 e. The zero-order valence-electron chi connectivity index (χ0n) is 14.6. The number of fused-ring (bicyclic) bond motifs is 3. The number of hydrogen-bond acceptors (Lipinski definition) is 7. The largest absolute Gasteiger partial charge is 0.506 e. The Hall–Kier alpha value is -3.48. The van der Waals surface area contributed by atoms with Crippen LogP contribution in [0.3, 0.4) is 0 Å². The van der Waals surface area contributed by atoms with Gasteiger partial charge in [0.05, 0.1) is 11.8 Å². The standard InChI is InChI=1S/C20H15NO6/c1-9-7-13(23)26-19-15(9)18(25)16(10(2)22)20-17(19)12(8-14(24)27-20)11-3-5-21-6-4-11/h3-7,12,25H,8H2,1-2H3/t12-/m0/s1. The number of Topliss-reactive ketones (excluding diaryl/α,β-unsaturated/α-hetero) is 1. The second-order valence-corrected chi connectivity index (χ2v) is 6.49. The third-order valence-electron chi connectivity index (χ3n) is 4.74. The summed E-state index contributed by atoms with van der Waals surface area (Å²) in [6, 6.07) is 4.73. The van der Waals surface area contributed by atoms with Gasteiger partial charge in [0.15, 0.2) is 11.5 Å². The van der Waals surface area contributed by atoms with Crippen molar-refractivity contribution in [3.8, 4) is 11.5 Å². The number of aromatic hydroxyl groups is 1. The molecule has 0 saturated heterocycles. The highest BCUT2D eigenvalue weighted by Gasteiger charge is 2.37. The average molecular weight is 365 g/mol. The van der Waals surface area contributed by atoms with E-state index in [1.807, 2.05) is 0 Å². The first-order valence-corrected chi connectivity index (χ1v) is 8.33. The van der Waals surface area contributed by atoms with Gasteiger partial charge in [-0.15, -0.1) is 0 Å². The first kappa shape index (κ1) is 17.0. The van der Waals surface area contributed by atoms with E-state index in [0.717, 1.165) is 5.56 Å². The summed E-state index contributed by atoms with van der Waals surface area (Å²) >= 11 is 0. The lowest BCUT2D eigenvalue weighted by Gasteiger charge is -2.27. The predicted octanol–water partition coefficient (Wildman–Crippen LogP) is 2.85. The normalized spacial score (nSPS) is 16.1. The number of carbonyl (C=O) groups is 2. The molecule has 1 aliphatic heterocycles. The van der Waals surface area contributed by atoms with Crippen molar-refractivity contribution in [2.45, 2.75) is 26.2 Å². The molecule has 0 radical (unpaired) electrons. The summed E-state index contributed by atoms with van der Waals surface area (Å²) in [5, 5.41) is 11.0. The third-order valence-corrected chi connectivity index (χ3v) is 4.74. The van der Waals surface area contributed by atoms with Crippen LogP contribution < -0.4 is 10.4 Å². The number of pyridine rings is 1. The Morgan fingerprint density at radius 2 is 1.96 bits per heavy atom. The van der Waals surface area contributed by atoms with E-state index in [1.165, 1.54) is 13.0 Å². The van der Waals surface area contributed by atoms with Gasteiger partial charge < -0.3 is 14.3 Å². The molecule has 0 unspecified atom stereocenters. The molecule has 3 aromatic rings. The molecule has 1 aromatic carbocycles. The molecule has 0 saturated carbocycles. The van der Waals surface area contributed by atoms with E-state index in [2.05, 4.69) is 4.98 Å². The van der Waals surface area contributed by atoms with Crippen molar-refractivity contribution in [2.75, 3.05) is 0 Å². The van der Waals surface area contributed by atoms with Crippen LogP contribution in [0.1, 0.15) is 46.3 Å². The molecular formula is C20H15NO6. The molecule has 0 amide bonds. The van der Waals surface area contributed by atoms with Crippen LogP contribution in [0, 0.1) is 6.92 Å². The van der Waals surface area contributed by atoms with Gasteiger partial charge >= 0.3 is 11.6 Å². The molecule has 27 heavy (non-hydrogen) atoms. The molecule has 0 bridgehead atoms. The molecule has 0 fully saturated rings. The minimum absolute atomic E-state index is 0.00584. The van der Waals surface area contributed by atoms with Crippen molar-refractivity contribution < 1.29 is 23.8 Å². The molecule has 136 valence electrons. The van der Waals surface area contributed by atoms with Crippen LogP contribution in [-0.4, -0.2) is 21.8 Å². The van der Waals surface area contributed by atoms with E-state index in [4.69, 9.17) is 9.15 Å². The number of rotatable bonds is 2. The summed E-state index contributed by atoms with van der Waals surface area (Å²) in [5.41, 5.74) is 1.05. The molecule has 4 rings (SSSR count). The molecule has 7 heteroatoms. The van der Waals surface area contributed by atoms with Crippen molar-refractivity contribution in [3.63, 3.8) is 0 Å². The Kier molecular flexibility index (Phi) is 3.80. The second kappa shape index (κ2) is 6.05. The fourth-order valence-corrected chi connectivity index (χ4v) is 3.62. The molecular weight excluding hydrogens is 350 g/mol. The SMILES string of the molecule is CC(=O)c1c2c(c3oc(=O)cc(C)c3c1O)[C@H](c1ccncc1)CC(=O)O2. The second-order valence-electron chi connectivity index (χ2n) is 6.49. The predicted molar refractivity (Wildman–Crippen MR) is 95.2 cm³/mol. The summed E-state index contributed by atoms with van der Waals surface area (Å²) in [4.78, 5) is 40.5. The van der Waals surface area contributed by atoms with Gasteiger partial charge in [-0.1, -0.05) is 0 Å². The van der Waals surface area contributed by atoms with Gasteiger partial charge in [-0.3, -0.25) is 14.6 Å². The maximum atomic E-state index is 12.3. The Labute approximate surface area is 153 Å². The molecule has 1 N–H and O–H groups in total. The lowest BCUT2D eigenvalue weighted by Crippen LogP contribution is -2.23. The number of phenols is 1. The van der Waals surface area contributed by atoms with E-state index in [-0.39, 0.29) is 34.5 Å². The van der Waals surface area contributed by atoms with E-state index >= 15 is 0 Å². The van der Waals surface area contributed by atoms with E-state index in [0.29, 0.717) is 11.1 Å². The van der Waals surface area contributed by atoms with E-state index in [1.54, 1.807) is 31.5 Å². The topological polar surface area (TPSA) is 107 Å². The number of ketones is 1. The van der Waals surface area contributed by atoms with Crippen molar-refractivity contribution in [3.05, 3.63) is 63.3 Å². The number of aryl methyl sites for hydroxylation is 1. The molecule has 7 nitrogen and oxygen atoms in total. The summed E-state index contributed by atoms with van der Waals surface area (Å²) in [6.07, 6.45) is 3.18. The van der Waals surface area contributed by atoms with Crippen LogP contribution in [0.4, 0.5) is 0 Å². The number of aromatic nitrogens is 1. The van der Waals surface area contributed by atoms with Gasteiger partial charge in [0, 0.05) is 29.9 Å². The number of carbonyl (C=O) groups excluding carboxylic acids is 2. The first-order chi connectivity index (χ1) is 12.9. The summed E-state index contributed by atoms with van der Waals surface area (Å²) in [7, 11) is 0. The fourth-order valence-electron chi connectivity index (χ4n) is 3.62. The first-order valence-electron chi connectivity index (χ1n) is 8.33. The fraction of sp³-hybridized carbons (Fsp3) is 0.200. The number of nitrogens with zero attached hydrogens (tertiary/aromatic N) is 1. The highest BCUT2D eigenvalue weighted by molar-refractivity contribution is 6.08. The van der Waals surface area contributed by atoms with Crippen LogP contribution in [0.2, 0.25) is 0 Å². The van der Waals surface area contributed by atoms with Crippen molar-refractivity contribution in [1.29, 1.82) is 0 Å². The maximum absolute atomic E-state index is 12.3. The lowest BCUT2D eigenvalue weighted by molar-refractivity contribution is -0.135. The highest BCUT2D eigenvalue weighted by atomic mass is 16.5. The van der Waals surface area contributed by atoms with Crippen LogP contribution in [0.25, 0.3) is 11.0 Å².